The maximum atomic E-state index is 12.2. The van der Waals surface area contributed by atoms with Crippen molar-refractivity contribution in [1.29, 1.82) is 0 Å². The summed E-state index contributed by atoms with van der Waals surface area (Å²) in [6.45, 7) is 0.523. The van der Waals surface area contributed by atoms with E-state index in [4.69, 9.17) is 0 Å². The molecule has 0 spiro atoms. The predicted molar refractivity (Wildman–Crippen MR) is 77.2 cm³/mol. The van der Waals surface area contributed by atoms with Crippen LogP contribution in [0.3, 0.4) is 0 Å². The smallest absolute Gasteiger partial charge is 0.345 e. The number of rotatable bonds is 6. The van der Waals surface area contributed by atoms with E-state index in [1.807, 2.05) is 0 Å². The van der Waals surface area contributed by atoms with Gasteiger partial charge in [0, 0.05) is 18.9 Å². The molecule has 0 aliphatic carbocycles. The molecule has 1 atom stereocenters. The van der Waals surface area contributed by atoms with E-state index in [0.29, 0.717) is 11.9 Å². The van der Waals surface area contributed by atoms with Crippen molar-refractivity contribution in [1.82, 2.24) is 15.3 Å². The number of carbonyl (C=O) groups excluding carboxylic acids is 1. The second kappa shape index (κ2) is 6.69. The first-order valence-electron chi connectivity index (χ1n) is 6.85. The van der Waals surface area contributed by atoms with Crippen molar-refractivity contribution in [3.05, 3.63) is 33.9 Å². The second-order valence-corrected chi connectivity index (χ2v) is 4.89. The van der Waals surface area contributed by atoms with Crippen molar-refractivity contribution in [2.45, 2.75) is 33.0 Å². The first kappa shape index (κ1) is 16.2. The number of aromatic amines is 2. The van der Waals surface area contributed by atoms with Gasteiger partial charge < -0.3 is 20.0 Å². The Morgan fingerprint density at radius 2 is 2.09 bits per heavy atom. The van der Waals surface area contributed by atoms with Gasteiger partial charge in [-0.1, -0.05) is 6.92 Å². The number of H-pyrrole nitrogens is 2. The summed E-state index contributed by atoms with van der Waals surface area (Å²) in [6.07, 6.45) is 2.52. The monoisotopic (exact) mass is 313 g/mol. The lowest BCUT2D eigenvalue weighted by Crippen LogP contribution is -2.34. The Bertz CT molecular complexity index is 724. The minimum absolute atomic E-state index is 0.0595. The number of ether oxygens (including phenoxy) is 1. The van der Waals surface area contributed by atoms with E-state index >= 15 is 0 Å². The number of amides is 1. The lowest BCUT2D eigenvalue weighted by molar-refractivity contribution is -0.161. The Morgan fingerprint density at radius 3 is 2.73 bits per heavy atom. The van der Waals surface area contributed by atoms with Crippen LogP contribution < -0.4 is 10.9 Å². The van der Waals surface area contributed by atoms with Crippen molar-refractivity contribution in [2.75, 3.05) is 6.54 Å². The fourth-order valence-corrected chi connectivity index (χ4v) is 2.20. The third-order valence-corrected chi connectivity index (χ3v) is 3.41. The summed E-state index contributed by atoms with van der Waals surface area (Å²) in [5.41, 5.74) is 1.15. The molecule has 0 aliphatic rings. The zero-order valence-corrected chi connectivity index (χ0v) is 12.2. The van der Waals surface area contributed by atoms with Gasteiger partial charge in [-0.25, -0.2) is 0 Å². The fourth-order valence-electron chi connectivity index (χ4n) is 2.20. The highest BCUT2D eigenvalue weighted by atomic mass is 19.3. The summed E-state index contributed by atoms with van der Waals surface area (Å²) in [7, 11) is 0. The molecule has 0 bridgehead atoms. The van der Waals surface area contributed by atoms with Gasteiger partial charge in [0.15, 0.2) is 0 Å². The number of aryl methyl sites for hydroxylation is 1. The molecule has 0 aromatic carbocycles. The minimum atomic E-state index is -2.89. The van der Waals surface area contributed by atoms with Crippen molar-refractivity contribution in [3.8, 4) is 0 Å². The molecule has 1 unspecified atom stereocenters. The van der Waals surface area contributed by atoms with Gasteiger partial charge in [0.25, 0.3) is 11.5 Å². The maximum Gasteiger partial charge on any atom is 0.345 e. The number of pyridine rings is 1. The van der Waals surface area contributed by atoms with Crippen LogP contribution in [0.2, 0.25) is 0 Å². The van der Waals surface area contributed by atoms with Gasteiger partial charge in [0.05, 0.1) is 22.6 Å². The van der Waals surface area contributed by atoms with Crippen LogP contribution in [0.25, 0.3) is 10.9 Å². The van der Waals surface area contributed by atoms with Gasteiger partial charge in [0.1, 0.15) is 0 Å². The molecule has 2 heterocycles. The van der Waals surface area contributed by atoms with Gasteiger partial charge in [-0.3, -0.25) is 9.59 Å². The second-order valence-electron chi connectivity index (χ2n) is 4.89. The van der Waals surface area contributed by atoms with Gasteiger partial charge in [-0.15, -0.1) is 0 Å². The number of carbonyl (C=O) groups is 1. The molecule has 120 valence electrons. The topological polar surface area (TPSA) is 87.0 Å². The van der Waals surface area contributed by atoms with Gasteiger partial charge >= 0.3 is 6.61 Å². The van der Waals surface area contributed by atoms with Crippen LogP contribution >= 0.6 is 0 Å². The molecule has 2 rings (SSSR count). The van der Waals surface area contributed by atoms with Crippen LogP contribution in [-0.4, -0.2) is 35.1 Å². The summed E-state index contributed by atoms with van der Waals surface area (Å²) in [5.74, 6) is -0.515. The van der Waals surface area contributed by atoms with Crippen molar-refractivity contribution >= 4 is 16.8 Å². The van der Waals surface area contributed by atoms with Gasteiger partial charge in [-0.05, 0) is 18.9 Å². The van der Waals surface area contributed by atoms with Crippen molar-refractivity contribution in [3.63, 3.8) is 0 Å². The van der Waals surface area contributed by atoms with Crippen LogP contribution in [0.15, 0.2) is 17.2 Å². The van der Waals surface area contributed by atoms with Gasteiger partial charge in [0.2, 0.25) is 0 Å². The summed E-state index contributed by atoms with van der Waals surface area (Å²) in [5, 5.41) is 2.76. The maximum absolute atomic E-state index is 12.2. The highest BCUT2D eigenvalue weighted by Gasteiger charge is 2.18. The average Bonchev–Trinajstić information content (AvgIpc) is 2.93. The number of nitrogens with one attached hydrogen (secondary N) is 3. The van der Waals surface area contributed by atoms with Crippen molar-refractivity contribution in [2.24, 2.45) is 0 Å². The predicted octanol–water partition coefficient (Wildman–Crippen LogP) is 1.91. The molecule has 0 radical (unpaired) electrons. The van der Waals surface area contributed by atoms with Crippen LogP contribution in [0, 0.1) is 6.92 Å². The summed E-state index contributed by atoms with van der Waals surface area (Å²) in [4.78, 5) is 29.5. The average molecular weight is 313 g/mol. The largest absolute Gasteiger partial charge is 0.360 e. The Hall–Kier alpha value is -2.22. The molecule has 6 nitrogen and oxygen atoms in total. The molecule has 2 aromatic rings. The number of halogens is 2. The number of hydrogen-bond acceptors (Lipinski definition) is 3. The third-order valence-electron chi connectivity index (χ3n) is 3.41. The summed E-state index contributed by atoms with van der Waals surface area (Å²) in [6, 6.07) is 0. The van der Waals surface area contributed by atoms with E-state index in [0.717, 1.165) is 5.56 Å². The van der Waals surface area contributed by atoms with E-state index in [1.165, 1.54) is 6.20 Å². The zero-order valence-electron chi connectivity index (χ0n) is 12.2. The number of alkyl halides is 2. The minimum Gasteiger partial charge on any atom is -0.360 e. The Balaban J connectivity index is 2.17. The van der Waals surface area contributed by atoms with Gasteiger partial charge in [-0.2, -0.15) is 8.78 Å². The third kappa shape index (κ3) is 3.33. The highest BCUT2D eigenvalue weighted by Crippen LogP contribution is 2.16. The Labute approximate surface area is 124 Å². The Kier molecular flexibility index (Phi) is 4.92. The number of fused-ring (bicyclic) bond motifs is 1. The molecule has 0 aliphatic heterocycles. The molecule has 1 amide bonds. The molecule has 0 fully saturated rings. The summed E-state index contributed by atoms with van der Waals surface area (Å²) < 4.78 is 28.8. The number of aromatic nitrogens is 2. The normalized spacial score (nSPS) is 12.8. The highest BCUT2D eigenvalue weighted by molar-refractivity contribution is 6.06. The zero-order chi connectivity index (χ0) is 16.3. The molecule has 8 heteroatoms. The van der Waals surface area contributed by atoms with E-state index in [1.54, 1.807) is 20.0 Å². The summed E-state index contributed by atoms with van der Waals surface area (Å²) >= 11 is 0. The Morgan fingerprint density at radius 1 is 1.36 bits per heavy atom. The molecular weight excluding hydrogens is 296 g/mol. The first-order chi connectivity index (χ1) is 10.4. The van der Waals surface area contributed by atoms with Crippen LogP contribution in [0.1, 0.15) is 29.3 Å². The van der Waals surface area contributed by atoms with Crippen molar-refractivity contribution < 1.29 is 18.3 Å². The molecular formula is C14H17F2N3O3. The van der Waals surface area contributed by atoms with E-state index in [2.05, 4.69) is 20.0 Å². The standard InChI is InChI=1S/C14H17F2N3O3/c1-3-8(22-14(15)16)5-19-12(20)9-6-17-11-7(2)4-18-13(21)10(9)11/h4,6,8,14,17H,3,5H2,1-2H3,(H,18,21)(H,19,20). The SMILES string of the molecule is CCC(CNC(=O)c1c[nH]c2c(C)c[nH]c(=O)c12)OC(F)F. The van der Waals surface area contributed by atoms with E-state index in [-0.39, 0.29) is 23.1 Å². The molecule has 3 N–H and O–H groups in total. The lowest BCUT2D eigenvalue weighted by atomic mass is 10.1. The van der Waals surface area contributed by atoms with Crippen LogP contribution in [0.5, 0.6) is 0 Å². The molecule has 0 saturated heterocycles. The quantitative estimate of drug-likeness (QED) is 0.761. The lowest BCUT2D eigenvalue weighted by Gasteiger charge is -2.15. The van der Waals surface area contributed by atoms with Crippen LogP contribution in [-0.2, 0) is 4.74 Å². The first-order valence-corrected chi connectivity index (χ1v) is 6.85. The van der Waals surface area contributed by atoms with E-state index < -0.39 is 18.6 Å². The molecule has 0 saturated carbocycles. The van der Waals surface area contributed by atoms with E-state index in [9.17, 15) is 18.4 Å². The molecule has 22 heavy (non-hydrogen) atoms. The van der Waals surface area contributed by atoms with Crippen LogP contribution in [0.4, 0.5) is 8.78 Å². The fraction of sp³-hybridized carbons (Fsp3) is 0.429. The molecule has 2 aromatic heterocycles. The number of hydrogen-bond donors (Lipinski definition) is 3.